The average molecular weight is 395 g/mol. The molecular formula is C18H22N2O4S2. The van der Waals surface area contributed by atoms with Gasteiger partial charge in [0.15, 0.2) is 0 Å². The molecule has 0 radical (unpaired) electrons. The van der Waals surface area contributed by atoms with Crippen LogP contribution in [0.4, 0.5) is 5.69 Å². The van der Waals surface area contributed by atoms with Crippen LogP contribution in [-0.2, 0) is 15.4 Å². The fourth-order valence-electron chi connectivity index (χ4n) is 3.62. The lowest BCUT2D eigenvalue weighted by atomic mass is 9.73. The van der Waals surface area contributed by atoms with E-state index in [1.807, 2.05) is 11.4 Å². The van der Waals surface area contributed by atoms with Crippen molar-refractivity contribution < 1.29 is 13.3 Å². The lowest BCUT2D eigenvalue weighted by Crippen LogP contribution is -2.41. The summed E-state index contributed by atoms with van der Waals surface area (Å²) in [6.07, 6.45) is 5.22. The Hall–Kier alpha value is -1.77. The number of rotatable bonds is 6. The van der Waals surface area contributed by atoms with E-state index in [-0.39, 0.29) is 16.0 Å². The van der Waals surface area contributed by atoms with Gasteiger partial charge in [0.1, 0.15) is 0 Å². The summed E-state index contributed by atoms with van der Waals surface area (Å²) in [5.74, 6) is 0. The van der Waals surface area contributed by atoms with Crippen LogP contribution in [0.2, 0.25) is 0 Å². The number of aryl methyl sites for hydroxylation is 1. The molecular weight excluding hydrogens is 372 g/mol. The van der Waals surface area contributed by atoms with Crippen LogP contribution in [0.15, 0.2) is 40.6 Å². The molecule has 1 heterocycles. The monoisotopic (exact) mass is 394 g/mol. The van der Waals surface area contributed by atoms with E-state index in [0.29, 0.717) is 12.1 Å². The molecule has 1 aromatic heterocycles. The lowest BCUT2D eigenvalue weighted by Gasteiger charge is -2.36. The second-order valence-electron chi connectivity index (χ2n) is 6.85. The van der Waals surface area contributed by atoms with Gasteiger partial charge in [-0.3, -0.25) is 10.1 Å². The Kier molecular flexibility index (Phi) is 5.45. The molecule has 1 N–H and O–H groups in total. The Balaban J connectivity index is 1.87. The highest BCUT2D eigenvalue weighted by Crippen LogP contribution is 2.41. The first kappa shape index (κ1) is 19.0. The summed E-state index contributed by atoms with van der Waals surface area (Å²) in [5.41, 5.74) is 0.0900. The van der Waals surface area contributed by atoms with E-state index in [2.05, 4.69) is 10.8 Å². The number of non-ortho nitro benzene ring substituents is 1. The van der Waals surface area contributed by atoms with E-state index in [4.69, 9.17) is 0 Å². The molecule has 0 spiro atoms. The van der Waals surface area contributed by atoms with Crippen LogP contribution in [0.1, 0.15) is 42.5 Å². The zero-order valence-electron chi connectivity index (χ0n) is 14.6. The fourth-order valence-corrected chi connectivity index (χ4v) is 6.00. The van der Waals surface area contributed by atoms with Crippen LogP contribution >= 0.6 is 11.3 Å². The number of nitrogens with one attached hydrogen (secondary N) is 1. The SMILES string of the molecule is Cc1ccc([N+](=O)[O-])cc1S(=O)(=O)NCC1(c2cccs2)CCCCC1. The summed E-state index contributed by atoms with van der Waals surface area (Å²) in [6.45, 7) is 1.96. The first-order valence-electron chi connectivity index (χ1n) is 8.63. The first-order valence-corrected chi connectivity index (χ1v) is 11.0. The van der Waals surface area contributed by atoms with Gasteiger partial charge in [0.2, 0.25) is 10.0 Å². The van der Waals surface area contributed by atoms with Crippen LogP contribution in [0.5, 0.6) is 0 Å². The second kappa shape index (κ2) is 7.46. The summed E-state index contributed by atoms with van der Waals surface area (Å²) < 4.78 is 28.4. The van der Waals surface area contributed by atoms with Gasteiger partial charge in [0, 0.05) is 29.0 Å². The molecule has 1 fully saturated rings. The van der Waals surface area contributed by atoms with Crippen molar-refractivity contribution in [2.45, 2.75) is 49.3 Å². The normalized spacial score (nSPS) is 17.1. The van der Waals surface area contributed by atoms with Gasteiger partial charge in [0.05, 0.1) is 9.82 Å². The van der Waals surface area contributed by atoms with Gasteiger partial charge < -0.3 is 0 Å². The van der Waals surface area contributed by atoms with Crippen LogP contribution in [0.3, 0.4) is 0 Å². The third-order valence-corrected chi connectivity index (χ3v) is 7.79. The van der Waals surface area contributed by atoms with Crippen LogP contribution in [0.25, 0.3) is 0 Å². The van der Waals surface area contributed by atoms with Gasteiger partial charge in [0.25, 0.3) is 5.69 Å². The molecule has 26 heavy (non-hydrogen) atoms. The lowest BCUT2D eigenvalue weighted by molar-refractivity contribution is -0.385. The Morgan fingerprint density at radius 3 is 2.58 bits per heavy atom. The van der Waals surface area contributed by atoms with Crippen molar-refractivity contribution in [3.8, 4) is 0 Å². The zero-order chi connectivity index (χ0) is 18.8. The molecule has 2 aromatic rings. The summed E-state index contributed by atoms with van der Waals surface area (Å²) >= 11 is 1.66. The molecule has 1 aromatic carbocycles. The number of thiophene rings is 1. The molecule has 6 nitrogen and oxygen atoms in total. The molecule has 0 unspecified atom stereocenters. The van der Waals surface area contributed by atoms with Crippen molar-refractivity contribution >= 4 is 27.0 Å². The molecule has 1 aliphatic carbocycles. The predicted molar refractivity (Wildman–Crippen MR) is 102 cm³/mol. The van der Waals surface area contributed by atoms with Crippen LogP contribution in [0, 0.1) is 17.0 Å². The molecule has 0 saturated heterocycles. The average Bonchev–Trinajstić information content (AvgIpc) is 3.16. The Labute approximate surface area is 157 Å². The molecule has 3 rings (SSSR count). The minimum absolute atomic E-state index is 0.0242. The van der Waals surface area contributed by atoms with Crippen molar-refractivity contribution in [1.29, 1.82) is 0 Å². The molecule has 0 aliphatic heterocycles. The first-order chi connectivity index (χ1) is 12.3. The van der Waals surface area contributed by atoms with Crippen LogP contribution < -0.4 is 4.72 Å². The standard InChI is InChI=1S/C18H22N2O4S2/c1-14-7-8-15(20(21)22)12-16(14)26(23,24)19-13-18(9-3-2-4-10-18)17-6-5-11-25-17/h5-8,11-12,19H,2-4,9-10,13H2,1H3. The van der Waals surface area contributed by atoms with Crippen molar-refractivity contribution in [3.05, 3.63) is 56.3 Å². The molecule has 1 aliphatic rings. The van der Waals surface area contributed by atoms with Gasteiger partial charge in [-0.25, -0.2) is 13.1 Å². The fraction of sp³-hybridized carbons (Fsp3) is 0.444. The maximum absolute atomic E-state index is 12.9. The third kappa shape index (κ3) is 3.82. The molecule has 0 atom stereocenters. The minimum Gasteiger partial charge on any atom is -0.258 e. The number of hydrogen-bond acceptors (Lipinski definition) is 5. The summed E-state index contributed by atoms with van der Waals surface area (Å²) in [7, 11) is -3.83. The number of nitrogens with zero attached hydrogens (tertiary/aromatic N) is 1. The van der Waals surface area contributed by atoms with E-state index in [0.717, 1.165) is 31.7 Å². The Bertz CT molecular complexity index is 886. The topological polar surface area (TPSA) is 89.3 Å². The van der Waals surface area contributed by atoms with Gasteiger partial charge in [-0.15, -0.1) is 11.3 Å². The number of nitro benzene ring substituents is 1. The predicted octanol–water partition coefficient (Wildman–Crippen LogP) is 4.15. The summed E-state index contributed by atoms with van der Waals surface area (Å²) in [4.78, 5) is 11.6. The highest BCUT2D eigenvalue weighted by Gasteiger charge is 2.36. The van der Waals surface area contributed by atoms with E-state index in [1.54, 1.807) is 18.3 Å². The van der Waals surface area contributed by atoms with E-state index < -0.39 is 14.9 Å². The number of hydrogen-bond donors (Lipinski definition) is 1. The smallest absolute Gasteiger partial charge is 0.258 e. The molecule has 140 valence electrons. The van der Waals surface area contributed by atoms with Gasteiger partial charge in [-0.1, -0.05) is 31.4 Å². The number of sulfonamides is 1. The van der Waals surface area contributed by atoms with Crippen molar-refractivity contribution in [3.63, 3.8) is 0 Å². The quantitative estimate of drug-likeness (QED) is 0.589. The maximum Gasteiger partial charge on any atom is 0.270 e. The van der Waals surface area contributed by atoms with Crippen molar-refractivity contribution in [2.75, 3.05) is 6.54 Å². The second-order valence-corrected chi connectivity index (χ2v) is 9.53. The maximum atomic E-state index is 12.9. The number of nitro groups is 1. The molecule has 8 heteroatoms. The Morgan fingerprint density at radius 2 is 1.96 bits per heavy atom. The highest BCUT2D eigenvalue weighted by atomic mass is 32.2. The Morgan fingerprint density at radius 1 is 1.23 bits per heavy atom. The van der Waals surface area contributed by atoms with Gasteiger partial charge in [-0.2, -0.15) is 0 Å². The summed E-state index contributed by atoms with van der Waals surface area (Å²) in [6, 6.07) is 8.00. The van der Waals surface area contributed by atoms with Crippen LogP contribution in [-0.4, -0.2) is 19.9 Å². The van der Waals surface area contributed by atoms with Crippen molar-refractivity contribution in [2.24, 2.45) is 0 Å². The summed E-state index contributed by atoms with van der Waals surface area (Å²) in [5, 5.41) is 13.0. The van der Waals surface area contributed by atoms with Crippen molar-refractivity contribution in [1.82, 2.24) is 4.72 Å². The number of benzene rings is 1. The van der Waals surface area contributed by atoms with Gasteiger partial charge >= 0.3 is 0 Å². The third-order valence-electron chi connectivity index (χ3n) is 5.13. The van der Waals surface area contributed by atoms with E-state index in [1.165, 1.54) is 23.4 Å². The largest absolute Gasteiger partial charge is 0.270 e. The zero-order valence-corrected chi connectivity index (χ0v) is 16.2. The van der Waals surface area contributed by atoms with E-state index >= 15 is 0 Å². The molecule has 1 saturated carbocycles. The molecule has 0 bridgehead atoms. The minimum atomic E-state index is -3.83. The van der Waals surface area contributed by atoms with E-state index in [9.17, 15) is 18.5 Å². The highest BCUT2D eigenvalue weighted by molar-refractivity contribution is 7.89. The molecule has 0 amide bonds. The van der Waals surface area contributed by atoms with Gasteiger partial charge in [-0.05, 0) is 36.8 Å².